The Labute approximate surface area is 156 Å². The van der Waals surface area contributed by atoms with E-state index in [0.717, 1.165) is 17.2 Å². The smallest absolute Gasteiger partial charge is 0.261 e. The van der Waals surface area contributed by atoms with Gasteiger partial charge >= 0.3 is 0 Å². The van der Waals surface area contributed by atoms with E-state index in [1.54, 1.807) is 10.9 Å². The molecule has 0 spiro atoms. The van der Waals surface area contributed by atoms with Gasteiger partial charge in [0.25, 0.3) is 5.91 Å². The summed E-state index contributed by atoms with van der Waals surface area (Å²) < 4.78 is 5.44. The fraction of sp³-hybridized carbons (Fsp3) is 0.158. The molecular weight excluding hydrogens is 342 g/mol. The third kappa shape index (κ3) is 3.01. The molecule has 0 saturated carbocycles. The van der Waals surface area contributed by atoms with Gasteiger partial charge in [-0.1, -0.05) is 12.1 Å². The fourth-order valence-corrected chi connectivity index (χ4v) is 2.97. The van der Waals surface area contributed by atoms with Crippen molar-refractivity contribution in [1.29, 1.82) is 0 Å². The average Bonchev–Trinajstić information content (AvgIpc) is 3.37. The maximum absolute atomic E-state index is 12.9. The molecule has 8 heteroatoms. The maximum Gasteiger partial charge on any atom is 0.261 e. The van der Waals surface area contributed by atoms with Crippen LogP contribution < -0.4 is 5.32 Å². The van der Waals surface area contributed by atoms with E-state index in [1.165, 1.54) is 0 Å². The number of hydrogen-bond acceptors (Lipinski definition) is 4. The molecule has 1 N–H and O–H groups in total. The van der Waals surface area contributed by atoms with Crippen molar-refractivity contribution in [2.45, 2.75) is 6.92 Å². The lowest BCUT2D eigenvalue weighted by Gasteiger charge is -2.09. The molecule has 3 heterocycles. The van der Waals surface area contributed by atoms with Gasteiger partial charge in [-0.05, 0) is 31.2 Å². The first kappa shape index (κ1) is 16.8. The molecule has 0 bridgehead atoms. The molecule has 0 aliphatic heterocycles. The molecule has 4 aromatic rings. The van der Waals surface area contributed by atoms with Crippen LogP contribution in [0.5, 0.6) is 0 Å². The standard InChI is InChI=1S/C19H19N7O/c1-13-22-23-17(24(13)2)14-7-6-8-15(11-14)21-18(27)16-12-20-25(3)19(16)26-9-4-5-10-26/h4-12H,1-3H3,(H,21,27). The zero-order valence-corrected chi connectivity index (χ0v) is 15.3. The van der Waals surface area contributed by atoms with E-state index in [2.05, 4.69) is 20.6 Å². The summed E-state index contributed by atoms with van der Waals surface area (Å²) in [5, 5.41) is 15.5. The van der Waals surface area contributed by atoms with Crippen molar-refractivity contribution in [3.8, 4) is 17.2 Å². The van der Waals surface area contributed by atoms with Crippen LogP contribution in [-0.4, -0.2) is 35.0 Å². The number of aryl methyl sites for hydroxylation is 2. The molecule has 0 atom stereocenters. The van der Waals surface area contributed by atoms with Crippen LogP contribution in [0.15, 0.2) is 55.0 Å². The highest BCUT2D eigenvalue weighted by Gasteiger charge is 2.18. The average molecular weight is 361 g/mol. The zero-order chi connectivity index (χ0) is 19.0. The number of amides is 1. The van der Waals surface area contributed by atoms with Crippen molar-refractivity contribution in [3.63, 3.8) is 0 Å². The molecule has 0 aliphatic carbocycles. The second-order valence-corrected chi connectivity index (χ2v) is 6.26. The third-order valence-corrected chi connectivity index (χ3v) is 4.47. The number of aromatic nitrogens is 6. The lowest BCUT2D eigenvalue weighted by molar-refractivity contribution is 0.102. The van der Waals surface area contributed by atoms with Gasteiger partial charge in [0.2, 0.25) is 0 Å². The van der Waals surface area contributed by atoms with E-state index < -0.39 is 0 Å². The Morgan fingerprint density at radius 1 is 1.07 bits per heavy atom. The topological polar surface area (TPSA) is 82.6 Å². The summed E-state index contributed by atoms with van der Waals surface area (Å²) >= 11 is 0. The summed E-state index contributed by atoms with van der Waals surface area (Å²) in [4.78, 5) is 12.9. The van der Waals surface area contributed by atoms with Crippen molar-refractivity contribution >= 4 is 11.6 Å². The number of benzene rings is 1. The molecule has 27 heavy (non-hydrogen) atoms. The molecule has 0 fully saturated rings. The minimum Gasteiger partial charge on any atom is -0.322 e. The number of carbonyl (C=O) groups is 1. The van der Waals surface area contributed by atoms with E-state index in [-0.39, 0.29) is 5.91 Å². The maximum atomic E-state index is 12.9. The number of rotatable bonds is 4. The lowest BCUT2D eigenvalue weighted by atomic mass is 10.2. The SMILES string of the molecule is Cc1nnc(-c2cccc(NC(=O)c3cnn(C)c3-n3cccc3)c2)n1C. The van der Waals surface area contributed by atoms with Crippen LogP contribution in [0.25, 0.3) is 17.2 Å². The van der Waals surface area contributed by atoms with Crippen molar-refractivity contribution in [3.05, 3.63) is 66.4 Å². The third-order valence-electron chi connectivity index (χ3n) is 4.47. The highest BCUT2D eigenvalue weighted by atomic mass is 16.1. The van der Waals surface area contributed by atoms with Crippen LogP contribution in [0.3, 0.4) is 0 Å². The first-order chi connectivity index (χ1) is 13.0. The highest BCUT2D eigenvalue weighted by molar-refractivity contribution is 6.06. The minimum atomic E-state index is -0.224. The molecule has 0 radical (unpaired) electrons. The van der Waals surface area contributed by atoms with Crippen LogP contribution in [0, 0.1) is 6.92 Å². The molecular formula is C19H19N7O. The summed E-state index contributed by atoms with van der Waals surface area (Å²) in [6.07, 6.45) is 5.33. The summed E-state index contributed by atoms with van der Waals surface area (Å²) in [7, 11) is 3.72. The molecule has 0 aliphatic rings. The van der Waals surface area contributed by atoms with E-state index in [0.29, 0.717) is 17.1 Å². The van der Waals surface area contributed by atoms with Gasteiger partial charge in [0.15, 0.2) is 5.82 Å². The second kappa shape index (κ2) is 6.56. The van der Waals surface area contributed by atoms with Gasteiger partial charge in [0, 0.05) is 37.7 Å². The summed E-state index contributed by atoms with van der Waals surface area (Å²) in [6, 6.07) is 11.4. The Hall–Kier alpha value is -3.68. The van der Waals surface area contributed by atoms with Gasteiger partial charge in [0.05, 0.1) is 6.20 Å². The number of anilines is 1. The van der Waals surface area contributed by atoms with Crippen LogP contribution in [-0.2, 0) is 14.1 Å². The van der Waals surface area contributed by atoms with Gasteiger partial charge in [-0.3, -0.25) is 9.48 Å². The molecule has 1 amide bonds. The quantitative estimate of drug-likeness (QED) is 0.606. The molecule has 1 aromatic carbocycles. The Morgan fingerprint density at radius 3 is 2.56 bits per heavy atom. The van der Waals surface area contributed by atoms with E-state index in [1.807, 2.05) is 78.9 Å². The monoisotopic (exact) mass is 361 g/mol. The number of nitrogens with one attached hydrogen (secondary N) is 1. The van der Waals surface area contributed by atoms with Crippen LogP contribution >= 0.6 is 0 Å². The van der Waals surface area contributed by atoms with Gasteiger partial charge in [0.1, 0.15) is 17.2 Å². The normalized spacial score (nSPS) is 10.9. The predicted octanol–water partition coefficient (Wildman–Crippen LogP) is 2.57. The zero-order valence-electron chi connectivity index (χ0n) is 15.3. The van der Waals surface area contributed by atoms with Crippen molar-refractivity contribution in [2.75, 3.05) is 5.32 Å². The van der Waals surface area contributed by atoms with Crippen molar-refractivity contribution in [1.82, 2.24) is 29.1 Å². The Kier molecular flexibility index (Phi) is 4.08. The van der Waals surface area contributed by atoms with Crippen LogP contribution in [0.4, 0.5) is 5.69 Å². The van der Waals surface area contributed by atoms with Crippen LogP contribution in [0.2, 0.25) is 0 Å². The molecule has 0 saturated heterocycles. The Bertz CT molecular complexity index is 1110. The summed E-state index contributed by atoms with van der Waals surface area (Å²) in [5.74, 6) is 2.06. The van der Waals surface area contributed by atoms with E-state index in [9.17, 15) is 4.79 Å². The first-order valence-electron chi connectivity index (χ1n) is 8.47. The predicted molar refractivity (Wildman–Crippen MR) is 102 cm³/mol. The molecule has 4 rings (SSSR count). The van der Waals surface area contributed by atoms with Gasteiger partial charge in [-0.2, -0.15) is 5.10 Å². The van der Waals surface area contributed by atoms with E-state index in [4.69, 9.17) is 0 Å². The number of hydrogen-bond donors (Lipinski definition) is 1. The highest BCUT2D eigenvalue weighted by Crippen LogP contribution is 2.22. The minimum absolute atomic E-state index is 0.224. The Morgan fingerprint density at radius 2 is 1.85 bits per heavy atom. The number of nitrogens with zero attached hydrogens (tertiary/aromatic N) is 6. The fourth-order valence-electron chi connectivity index (χ4n) is 2.97. The lowest BCUT2D eigenvalue weighted by Crippen LogP contribution is -2.15. The summed E-state index contributed by atoms with van der Waals surface area (Å²) in [6.45, 7) is 1.90. The molecule has 0 unspecified atom stereocenters. The second-order valence-electron chi connectivity index (χ2n) is 6.26. The first-order valence-corrected chi connectivity index (χ1v) is 8.47. The van der Waals surface area contributed by atoms with Crippen molar-refractivity contribution in [2.24, 2.45) is 14.1 Å². The molecule has 3 aromatic heterocycles. The van der Waals surface area contributed by atoms with Crippen LogP contribution in [0.1, 0.15) is 16.2 Å². The molecule has 8 nitrogen and oxygen atoms in total. The Balaban J connectivity index is 1.63. The van der Waals surface area contributed by atoms with Crippen molar-refractivity contribution < 1.29 is 4.79 Å². The van der Waals surface area contributed by atoms with Gasteiger partial charge < -0.3 is 14.5 Å². The molecule has 136 valence electrons. The largest absolute Gasteiger partial charge is 0.322 e. The van der Waals surface area contributed by atoms with Gasteiger partial charge in [-0.25, -0.2) is 0 Å². The van der Waals surface area contributed by atoms with E-state index >= 15 is 0 Å². The number of carbonyl (C=O) groups excluding carboxylic acids is 1. The van der Waals surface area contributed by atoms with Gasteiger partial charge in [-0.15, -0.1) is 10.2 Å². The summed E-state index contributed by atoms with van der Waals surface area (Å²) in [5.41, 5.74) is 2.06.